The van der Waals surface area contributed by atoms with Gasteiger partial charge in [-0.05, 0) is 26.0 Å². The van der Waals surface area contributed by atoms with Gasteiger partial charge in [-0.25, -0.2) is 0 Å². The van der Waals surface area contributed by atoms with Crippen molar-refractivity contribution in [3.05, 3.63) is 11.8 Å². The van der Waals surface area contributed by atoms with Crippen molar-refractivity contribution in [1.29, 1.82) is 0 Å². The highest BCUT2D eigenvalue weighted by molar-refractivity contribution is 5.15. The number of hydrogen-bond acceptors (Lipinski definition) is 3. The van der Waals surface area contributed by atoms with Gasteiger partial charge >= 0.3 is 0 Å². The van der Waals surface area contributed by atoms with E-state index in [1.54, 1.807) is 0 Å². The fourth-order valence-corrected chi connectivity index (χ4v) is 3.06. The summed E-state index contributed by atoms with van der Waals surface area (Å²) in [4.78, 5) is 0. The molecule has 0 radical (unpaired) electrons. The molecule has 2 aliphatic rings. The lowest BCUT2D eigenvalue weighted by Gasteiger charge is -2.42. The monoisotopic (exact) mass is 225 g/mol. The first-order valence-corrected chi connectivity index (χ1v) is 6.38. The van der Waals surface area contributed by atoms with Crippen LogP contribution in [0.1, 0.15) is 38.5 Å². The molecule has 0 bridgehead atoms. The van der Waals surface area contributed by atoms with E-state index in [9.17, 15) is 0 Å². The minimum absolute atomic E-state index is 0.0524. The number of likely N-dealkylation sites (N-methyl/N-ethyl adjacent to an activating group) is 1. The van der Waals surface area contributed by atoms with Crippen molar-refractivity contribution in [1.82, 2.24) is 5.32 Å². The predicted molar refractivity (Wildman–Crippen MR) is 64.3 cm³/mol. The molecule has 16 heavy (non-hydrogen) atoms. The van der Waals surface area contributed by atoms with Crippen LogP contribution >= 0.6 is 0 Å². The SMILES string of the molecule is CNC(C1=CCCO1)C1(OC)CCCCC1. The van der Waals surface area contributed by atoms with E-state index in [0.29, 0.717) is 0 Å². The predicted octanol–water partition coefficient (Wildman–Crippen LogP) is 2.23. The van der Waals surface area contributed by atoms with Crippen LogP contribution in [0.2, 0.25) is 0 Å². The van der Waals surface area contributed by atoms with Crippen molar-refractivity contribution in [2.75, 3.05) is 20.8 Å². The molecule has 1 saturated carbocycles. The third kappa shape index (κ3) is 2.11. The van der Waals surface area contributed by atoms with Crippen molar-refractivity contribution < 1.29 is 9.47 Å². The third-order valence-electron chi connectivity index (χ3n) is 3.94. The Balaban J connectivity index is 2.15. The molecule has 1 aliphatic heterocycles. The standard InChI is InChI=1S/C13H23NO2/c1-14-12(11-7-6-10-16-11)13(15-2)8-4-3-5-9-13/h7,12,14H,3-6,8-10H2,1-2H3. The average molecular weight is 225 g/mol. The highest BCUT2D eigenvalue weighted by atomic mass is 16.5. The third-order valence-corrected chi connectivity index (χ3v) is 3.94. The Kier molecular flexibility index (Phi) is 3.87. The lowest BCUT2D eigenvalue weighted by molar-refractivity contribution is -0.0669. The van der Waals surface area contributed by atoms with Gasteiger partial charge in [0.25, 0.3) is 0 Å². The van der Waals surface area contributed by atoms with E-state index in [0.717, 1.165) is 31.6 Å². The number of methoxy groups -OCH3 is 1. The van der Waals surface area contributed by atoms with Gasteiger partial charge in [-0.3, -0.25) is 0 Å². The van der Waals surface area contributed by atoms with Gasteiger partial charge in [0.15, 0.2) is 0 Å². The second-order valence-corrected chi connectivity index (χ2v) is 4.79. The Morgan fingerprint density at radius 2 is 2.12 bits per heavy atom. The van der Waals surface area contributed by atoms with E-state index in [2.05, 4.69) is 11.4 Å². The van der Waals surface area contributed by atoms with Gasteiger partial charge in [0.1, 0.15) is 5.76 Å². The number of hydrogen-bond donors (Lipinski definition) is 1. The summed E-state index contributed by atoms with van der Waals surface area (Å²) in [5.74, 6) is 1.09. The zero-order chi connectivity index (χ0) is 11.4. The molecule has 1 heterocycles. The molecule has 0 aromatic rings. The Bertz CT molecular complexity index is 257. The maximum absolute atomic E-state index is 5.86. The van der Waals surface area contributed by atoms with Crippen LogP contribution < -0.4 is 5.32 Å². The van der Waals surface area contributed by atoms with Crippen LogP contribution in [0.5, 0.6) is 0 Å². The van der Waals surface area contributed by atoms with E-state index in [4.69, 9.17) is 9.47 Å². The van der Waals surface area contributed by atoms with Crippen molar-refractivity contribution >= 4 is 0 Å². The van der Waals surface area contributed by atoms with Gasteiger partial charge in [-0.15, -0.1) is 0 Å². The summed E-state index contributed by atoms with van der Waals surface area (Å²) in [5.41, 5.74) is -0.0524. The number of nitrogens with one attached hydrogen (secondary N) is 1. The first kappa shape index (κ1) is 11.9. The maximum Gasteiger partial charge on any atom is 0.112 e. The molecule has 3 nitrogen and oxygen atoms in total. The van der Waals surface area contributed by atoms with Gasteiger partial charge in [0.2, 0.25) is 0 Å². The molecule has 0 aromatic carbocycles. The van der Waals surface area contributed by atoms with Crippen LogP contribution in [0, 0.1) is 0 Å². The number of rotatable bonds is 4. The second-order valence-electron chi connectivity index (χ2n) is 4.79. The summed E-state index contributed by atoms with van der Waals surface area (Å²) in [5, 5.41) is 3.39. The van der Waals surface area contributed by atoms with E-state index >= 15 is 0 Å². The maximum atomic E-state index is 5.86. The summed E-state index contributed by atoms with van der Waals surface area (Å²) in [6.45, 7) is 0.827. The molecule has 1 N–H and O–H groups in total. The Morgan fingerprint density at radius 1 is 1.38 bits per heavy atom. The van der Waals surface area contributed by atoms with Crippen LogP contribution in [0.15, 0.2) is 11.8 Å². The fourth-order valence-electron chi connectivity index (χ4n) is 3.06. The molecular formula is C13H23NO2. The van der Waals surface area contributed by atoms with Gasteiger partial charge in [0, 0.05) is 13.5 Å². The van der Waals surface area contributed by atoms with Crippen molar-refractivity contribution in [2.45, 2.75) is 50.2 Å². The molecule has 1 atom stereocenters. The zero-order valence-corrected chi connectivity index (χ0v) is 10.4. The topological polar surface area (TPSA) is 30.5 Å². The zero-order valence-electron chi connectivity index (χ0n) is 10.4. The molecular weight excluding hydrogens is 202 g/mol. The molecule has 92 valence electrons. The van der Waals surface area contributed by atoms with Gasteiger partial charge in [-0.1, -0.05) is 19.3 Å². The summed E-state index contributed by atoms with van der Waals surface area (Å²) in [6, 6.07) is 0.222. The summed E-state index contributed by atoms with van der Waals surface area (Å²) in [6.07, 6.45) is 9.37. The normalized spacial score (nSPS) is 26.0. The summed E-state index contributed by atoms with van der Waals surface area (Å²) in [7, 11) is 3.84. The van der Waals surface area contributed by atoms with Crippen LogP contribution in [0.4, 0.5) is 0 Å². The summed E-state index contributed by atoms with van der Waals surface area (Å²) >= 11 is 0. The van der Waals surface area contributed by atoms with Crippen LogP contribution in [-0.2, 0) is 9.47 Å². The van der Waals surface area contributed by atoms with Crippen LogP contribution in [0.3, 0.4) is 0 Å². The first-order valence-electron chi connectivity index (χ1n) is 6.38. The Morgan fingerprint density at radius 3 is 2.62 bits per heavy atom. The minimum atomic E-state index is -0.0524. The van der Waals surface area contributed by atoms with Crippen LogP contribution in [0.25, 0.3) is 0 Å². The molecule has 3 heteroatoms. The molecule has 0 spiro atoms. The largest absolute Gasteiger partial charge is 0.496 e. The molecule has 0 amide bonds. The quantitative estimate of drug-likeness (QED) is 0.796. The molecule has 1 unspecified atom stereocenters. The second kappa shape index (κ2) is 5.19. The molecule has 2 rings (SSSR count). The summed E-state index contributed by atoms with van der Waals surface area (Å²) < 4.78 is 11.6. The van der Waals surface area contributed by atoms with E-state index in [-0.39, 0.29) is 11.6 Å². The highest BCUT2D eigenvalue weighted by Crippen LogP contribution is 2.37. The van der Waals surface area contributed by atoms with E-state index < -0.39 is 0 Å². The fraction of sp³-hybridized carbons (Fsp3) is 0.846. The van der Waals surface area contributed by atoms with Gasteiger partial charge in [0.05, 0.1) is 18.2 Å². The average Bonchev–Trinajstić information content (AvgIpc) is 2.85. The highest BCUT2D eigenvalue weighted by Gasteiger charge is 2.42. The smallest absolute Gasteiger partial charge is 0.112 e. The Labute approximate surface area is 98.2 Å². The van der Waals surface area contributed by atoms with Crippen molar-refractivity contribution in [3.63, 3.8) is 0 Å². The van der Waals surface area contributed by atoms with Crippen LogP contribution in [-0.4, -0.2) is 32.4 Å². The molecule has 1 aliphatic carbocycles. The molecule has 0 aromatic heterocycles. The first-order chi connectivity index (χ1) is 7.82. The minimum Gasteiger partial charge on any atom is -0.496 e. The number of ether oxygens (including phenoxy) is 2. The van der Waals surface area contributed by atoms with Crippen molar-refractivity contribution in [3.8, 4) is 0 Å². The van der Waals surface area contributed by atoms with Crippen molar-refractivity contribution in [2.24, 2.45) is 0 Å². The molecule has 1 fully saturated rings. The Hall–Kier alpha value is -0.540. The van der Waals surface area contributed by atoms with Gasteiger partial charge in [-0.2, -0.15) is 0 Å². The van der Waals surface area contributed by atoms with E-state index in [1.165, 1.54) is 19.3 Å². The van der Waals surface area contributed by atoms with Gasteiger partial charge < -0.3 is 14.8 Å². The molecule has 0 saturated heterocycles. The van der Waals surface area contributed by atoms with E-state index in [1.807, 2.05) is 14.2 Å². The lowest BCUT2D eigenvalue weighted by atomic mass is 9.78. The lowest BCUT2D eigenvalue weighted by Crippen LogP contribution is -2.53.